The van der Waals surface area contributed by atoms with E-state index in [1.807, 2.05) is 51.9 Å². The molecule has 0 N–H and O–H groups in total. The fourth-order valence-electron chi connectivity index (χ4n) is 5.30. The van der Waals surface area contributed by atoms with E-state index in [0.717, 1.165) is 57.2 Å². The van der Waals surface area contributed by atoms with Crippen LogP contribution in [0.15, 0.2) is 81.3 Å². The summed E-state index contributed by atoms with van der Waals surface area (Å²) in [6.07, 6.45) is 1.09. The van der Waals surface area contributed by atoms with Gasteiger partial charge in [0.25, 0.3) is 5.56 Å². The molecule has 3 aliphatic rings. The van der Waals surface area contributed by atoms with Crippen LogP contribution in [-0.2, 0) is 11.3 Å². The Morgan fingerprint density at radius 1 is 0.941 bits per heavy atom. The van der Waals surface area contributed by atoms with Crippen LogP contribution in [0.4, 0.5) is 11.4 Å². The summed E-state index contributed by atoms with van der Waals surface area (Å²) in [5.74, 6) is 1.02. The third-order valence-corrected chi connectivity index (χ3v) is 9.38. The van der Waals surface area contributed by atoms with Crippen molar-refractivity contribution < 1.29 is 4.79 Å². The lowest BCUT2D eigenvalue weighted by Gasteiger charge is -2.43. The highest BCUT2D eigenvalue weighted by molar-refractivity contribution is 8.23. The number of anilines is 2. The Balaban J connectivity index is 1.18. The Hall–Kier alpha value is -2.55. The van der Waals surface area contributed by atoms with E-state index < -0.39 is 0 Å². The lowest BCUT2D eigenvalue weighted by Crippen LogP contribution is -2.48. The van der Waals surface area contributed by atoms with Gasteiger partial charge in [-0.15, -0.1) is 0 Å². The van der Waals surface area contributed by atoms with Crippen LogP contribution in [0.3, 0.4) is 0 Å². The molecule has 1 fully saturated rings. The molecule has 0 unspecified atom stereocenters. The number of aromatic nitrogens is 1. The van der Waals surface area contributed by atoms with Crippen LogP contribution in [0.1, 0.15) is 18.0 Å². The molecular formula is C26H23N3O2S3. The number of piperidine rings is 1. The minimum atomic E-state index is 0.0293. The first kappa shape index (κ1) is 21.9. The van der Waals surface area contributed by atoms with Crippen molar-refractivity contribution >= 4 is 57.3 Å². The van der Waals surface area contributed by atoms with Crippen LogP contribution in [0.25, 0.3) is 0 Å². The van der Waals surface area contributed by atoms with Crippen LogP contribution < -0.4 is 10.5 Å². The zero-order valence-electron chi connectivity index (χ0n) is 18.4. The van der Waals surface area contributed by atoms with Gasteiger partial charge in [-0.25, -0.2) is 0 Å². The minimum Gasteiger partial charge on any atom is -0.356 e. The molecule has 0 aliphatic carbocycles. The number of para-hydroxylation sites is 2. The lowest BCUT2D eigenvalue weighted by molar-refractivity contribution is -0.115. The maximum atomic E-state index is 13.5. The molecule has 4 heterocycles. The Bertz CT molecular complexity index is 1310. The molecule has 5 nitrogen and oxygen atoms in total. The number of thiocarbonyl (C=S) groups is 1. The number of fused-ring (bicyclic) bond motifs is 6. The molecule has 2 bridgehead atoms. The number of hydrogen-bond donors (Lipinski definition) is 0. The van der Waals surface area contributed by atoms with Crippen LogP contribution >= 0.6 is 35.7 Å². The molecule has 6 rings (SSSR count). The normalized spacial score (nSPS) is 20.2. The van der Waals surface area contributed by atoms with Gasteiger partial charge in [0.15, 0.2) is 0 Å². The van der Waals surface area contributed by atoms with Gasteiger partial charge in [-0.2, -0.15) is 0 Å². The summed E-state index contributed by atoms with van der Waals surface area (Å²) in [6, 6.07) is 21.6. The molecular weight excluding hydrogens is 483 g/mol. The maximum Gasteiger partial charge on any atom is 0.250 e. The number of nitrogens with zero attached hydrogens (tertiary/aromatic N) is 3. The summed E-state index contributed by atoms with van der Waals surface area (Å²) in [5.41, 5.74) is 3.05. The molecule has 0 saturated carbocycles. The molecule has 172 valence electrons. The van der Waals surface area contributed by atoms with Crippen molar-refractivity contribution in [1.29, 1.82) is 0 Å². The molecule has 3 aromatic rings. The number of likely N-dealkylation sites (tertiary alicyclic amines) is 1. The number of carbonyl (C=O) groups is 1. The molecule has 1 amide bonds. The van der Waals surface area contributed by atoms with Crippen molar-refractivity contribution in [2.45, 2.75) is 28.7 Å². The van der Waals surface area contributed by atoms with Crippen LogP contribution in [0.2, 0.25) is 0 Å². The van der Waals surface area contributed by atoms with E-state index in [2.05, 4.69) is 23.1 Å². The summed E-state index contributed by atoms with van der Waals surface area (Å²) in [7, 11) is 0. The summed E-state index contributed by atoms with van der Waals surface area (Å²) >= 11 is 8.94. The van der Waals surface area contributed by atoms with Gasteiger partial charge in [-0.05, 0) is 42.7 Å². The van der Waals surface area contributed by atoms with Crippen LogP contribution in [0.5, 0.6) is 0 Å². The predicted octanol–water partition coefficient (Wildman–Crippen LogP) is 5.12. The standard InChI is InChI=1S/C26H23N3O2S3/c30-24-11-5-8-19-18-12-17(14-28(19)24)13-27(15-18)26(32)33-16-25(31)29-20-6-1-3-9-22(20)34-23-10-4-2-7-21(23)29/h1-11,17-18H,12-16H2/t17-,18-/m1/s1. The van der Waals surface area contributed by atoms with E-state index in [9.17, 15) is 9.59 Å². The van der Waals surface area contributed by atoms with Crippen molar-refractivity contribution in [2.75, 3.05) is 23.7 Å². The summed E-state index contributed by atoms with van der Waals surface area (Å²) in [5, 5.41) is 0. The van der Waals surface area contributed by atoms with Gasteiger partial charge in [-0.1, -0.05) is 66.1 Å². The van der Waals surface area contributed by atoms with Gasteiger partial charge in [0.2, 0.25) is 5.91 Å². The fourth-order valence-corrected chi connectivity index (χ4v) is 7.39. The quantitative estimate of drug-likeness (QED) is 0.451. The van der Waals surface area contributed by atoms with Crippen molar-refractivity contribution in [2.24, 2.45) is 5.92 Å². The first-order chi connectivity index (χ1) is 16.6. The Morgan fingerprint density at radius 2 is 1.65 bits per heavy atom. The van der Waals surface area contributed by atoms with E-state index >= 15 is 0 Å². The van der Waals surface area contributed by atoms with E-state index in [0.29, 0.717) is 11.8 Å². The van der Waals surface area contributed by atoms with E-state index in [-0.39, 0.29) is 17.2 Å². The van der Waals surface area contributed by atoms with E-state index in [4.69, 9.17) is 12.2 Å². The molecule has 2 aromatic carbocycles. The monoisotopic (exact) mass is 505 g/mol. The van der Waals surface area contributed by atoms with Crippen molar-refractivity contribution in [3.05, 3.63) is 82.8 Å². The number of pyridine rings is 1. The molecule has 8 heteroatoms. The smallest absolute Gasteiger partial charge is 0.250 e. The number of hydrogen-bond acceptors (Lipinski definition) is 5. The molecule has 1 saturated heterocycles. The van der Waals surface area contributed by atoms with Gasteiger partial charge in [-0.3, -0.25) is 14.5 Å². The molecule has 0 radical (unpaired) electrons. The highest BCUT2D eigenvalue weighted by Gasteiger charge is 2.36. The zero-order valence-corrected chi connectivity index (χ0v) is 20.9. The van der Waals surface area contributed by atoms with Gasteiger partial charge >= 0.3 is 0 Å². The first-order valence-corrected chi connectivity index (χ1v) is 13.6. The number of thioether (sulfide) groups is 1. The molecule has 34 heavy (non-hydrogen) atoms. The van der Waals surface area contributed by atoms with Gasteiger partial charge in [0, 0.05) is 47.1 Å². The summed E-state index contributed by atoms with van der Waals surface area (Å²) < 4.78 is 2.70. The second-order valence-electron chi connectivity index (χ2n) is 8.92. The molecule has 0 spiro atoms. The highest BCUT2D eigenvalue weighted by Crippen LogP contribution is 2.48. The summed E-state index contributed by atoms with van der Waals surface area (Å²) in [4.78, 5) is 32.0. The number of rotatable bonds is 2. The Kier molecular flexibility index (Phi) is 5.75. The van der Waals surface area contributed by atoms with Crippen molar-refractivity contribution in [3.63, 3.8) is 0 Å². The molecule has 2 atom stereocenters. The SMILES string of the molecule is O=C(CSC(=S)N1C[C@H]2C[C@H](C1)c1cccc(=O)n1C2)N1c2ccccc2Sc2ccccc21. The number of carbonyl (C=O) groups excluding carboxylic acids is 1. The fraction of sp³-hybridized carbons (Fsp3) is 0.269. The second kappa shape index (κ2) is 8.91. The average Bonchev–Trinajstić information content (AvgIpc) is 2.86. The third kappa shape index (κ3) is 3.87. The Labute approximate surface area is 212 Å². The zero-order chi connectivity index (χ0) is 23.2. The minimum absolute atomic E-state index is 0.0293. The molecule has 3 aliphatic heterocycles. The average molecular weight is 506 g/mol. The Morgan fingerprint density at radius 3 is 2.38 bits per heavy atom. The largest absolute Gasteiger partial charge is 0.356 e. The lowest BCUT2D eigenvalue weighted by atomic mass is 9.83. The molecule has 1 aromatic heterocycles. The van der Waals surface area contributed by atoms with Gasteiger partial charge < -0.3 is 9.47 Å². The summed E-state index contributed by atoms with van der Waals surface area (Å²) in [6.45, 7) is 2.38. The number of benzene rings is 2. The number of amides is 1. The second-order valence-corrected chi connectivity index (χ2v) is 11.6. The first-order valence-electron chi connectivity index (χ1n) is 11.4. The van der Waals surface area contributed by atoms with E-state index in [1.165, 1.54) is 11.8 Å². The predicted molar refractivity (Wildman–Crippen MR) is 142 cm³/mol. The highest BCUT2D eigenvalue weighted by atomic mass is 32.2. The van der Waals surface area contributed by atoms with Crippen molar-refractivity contribution in [3.8, 4) is 0 Å². The third-order valence-electron chi connectivity index (χ3n) is 6.74. The maximum absolute atomic E-state index is 13.5. The van der Waals surface area contributed by atoms with Gasteiger partial charge in [0.1, 0.15) is 4.32 Å². The topological polar surface area (TPSA) is 45.6 Å². The van der Waals surface area contributed by atoms with Crippen LogP contribution in [-0.4, -0.2) is 38.5 Å². The van der Waals surface area contributed by atoms with Crippen molar-refractivity contribution in [1.82, 2.24) is 9.47 Å². The van der Waals surface area contributed by atoms with Crippen LogP contribution in [0, 0.1) is 5.92 Å². The van der Waals surface area contributed by atoms with Gasteiger partial charge in [0.05, 0.1) is 17.1 Å². The van der Waals surface area contributed by atoms with E-state index in [1.54, 1.807) is 17.8 Å².